The van der Waals surface area contributed by atoms with Crippen LogP contribution in [-0.2, 0) is 34.1 Å². The molecule has 0 fully saturated rings. The zero-order chi connectivity index (χ0) is 21.3. The van der Waals surface area contributed by atoms with Gasteiger partial charge in [0.05, 0.1) is 17.9 Å². The molecule has 1 aliphatic rings. The van der Waals surface area contributed by atoms with Gasteiger partial charge < -0.3 is 14.4 Å². The second kappa shape index (κ2) is 8.35. The van der Waals surface area contributed by atoms with Crippen LogP contribution in [0.5, 0.6) is 0 Å². The highest BCUT2D eigenvalue weighted by Gasteiger charge is 2.42. The van der Waals surface area contributed by atoms with E-state index in [-0.39, 0.29) is 33.6 Å². The molecule has 0 saturated heterocycles. The van der Waals surface area contributed by atoms with Crippen molar-refractivity contribution < 1.29 is 35.9 Å². The number of amides is 1. The number of nitrogens with zero attached hydrogens (tertiary/aromatic N) is 1. The Morgan fingerprint density at radius 2 is 1.96 bits per heavy atom. The Morgan fingerprint density at radius 3 is 2.50 bits per heavy atom. The maximum Gasteiger partial charge on any atom is 0.410 e. The number of carbonyl (C=O) groups is 2. The Kier molecular flexibility index (Phi) is 6.74. The van der Waals surface area contributed by atoms with E-state index < -0.39 is 49.8 Å². The van der Waals surface area contributed by atoms with Crippen molar-refractivity contribution in [3.8, 4) is 0 Å². The molecule has 2 rings (SSSR count). The van der Waals surface area contributed by atoms with Crippen LogP contribution < -0.4 is 5.14 Å². The highest BCUT2D eigenvalue weighted by atomic mass is 32.3. The fourth-order valence-electron chi connectivity index (χ4n) is 2.89. The molecule has 0 aliphatic carbocycles. The van der Waals surface area contributed by atoms with Crippen molar-refractivity contribution in [1.82, 2.24) is 4.90 Å². The molecule has 0 aromatic carbocycles. The van der Waals surface area contributed by atoms with Crippen LogP contribution in [0, 0.1) is 0 Å². The van der Waals surface area contributed by atoms with E-state index in [1.165, 1.54) is 17.9 Å². The van der Waals surface area contributed by atoms with Gasteiger partial charge in [0.15, 0.2) is 16.4 Å². The largest absolute Gasteiger partial charge is 0.463 e. The smallest absolute Gasteiger partial charge is 0.410 e. The molecule has 2 atom stereocenters. The van der Waals surface area contributed by atoms with Crippen molar-refractivity contribution in [3.63, 3.8) is 0 Å². The van der Waals surface area contributed by atoms with E-state index in [1.54, 1.807) is 13.8 Å². The summed E-state index contributed by atoms with van der Waals surface area (Å²) in [5.41, 5.74) is 0.182. The van der Waals surface area contributed by atoms with Gasteiger partial charge in [-0.25, -0.2) is 31.6 Å². The minimum atomic E-state index is -4.11. The Morgan fingerprint density at radius 1 is 1.32 bits per heavy atom. The third-order valence-corrected chi connectivity index (χ3v) is 9.57. The lowest BCUT2D eigenvalue weighted by Crippen LogP contribution is -2.41. The van der Waals surface area contributed by atoms with E-state index in [0.717, 1.165) is 0 Å². The number of carbonyl (C=O) groups excluding carboxylic acids is 2. The molecular weight excluding hydrogens is 432 g/mol. The van der Waals surface area contributed by atoms with Gasteiger partial charge in [-0.1, -0.05) is 0 Å². The predicted octanol–water partition coefficient (Wildman–Crippen LogP) is 1.02. The summed E-state index contributed by atoms with van der Waals surface area (Å²) in [4.78, 5) is 25.1. The average molecular weight is 455 g/mol. The molecule has 10 nitrogen and oxygen atoms in total. The van der Waals surface area contributed by atoms with Crippen LogP contribution in [0.25, 0.3) is 0 Å². The number of thiophene rings is 1. The number of esters is 1. The number of nitrogens with two attached hydrogens (primary N) is 1. The third kappa shape index (κ3) is 4.47. The number of primary sulfonamides is 1. The maximum absolute atomic E-state index is 12.6. The monoisotopic (exact) mass is 454 g/mol. The summed E-state index contributed by atoms with van der Waals surface area (Å²) >= 11 is 0.567. The summed E-state index contributed by atoms with van der Waals surface area (Å²) in [6.45, 7) is 4.47. The molecule has 158 valence electrons. The first-order chi connectivity index (χ1) is 12.9. The first-order valence-corrected chi connectivity index (χ1v) is 12.3. The van der Waals surface area contributed by atoms with E-state index in [4.69, 9.17) is 14.6 Å². The second-order valence-electron chi connectivity index (χ2n) is 6.11. The molecule has 0 radical (unpaired) electrons. The number of rotatable bonds is 6. The molecule has 1 aliphatic heterocycles. The van der Waals surface area contributed by atoms with Crippen molar-refractivity contribution in [2.45, 2.75) is 46.9 Å². The molecule has 0 unspecified atom stereocenters. The van der Waals surface area contributed by atoms with Gasteiger partial charge in [0.1, 0.15) is 8.42 Å². The van der Waals surface area contributed by atoms with Crippen LogP contribution in [0.4, 0.5) is 4.79 Å². The summed E-state index contributed by atoms with van der Waals surface area (Å²) in [6, 6.07) is 0.449. The van der Waals surface area contributed by atoms with Crippen molar-refractivity contribution in [3.05, 3.63) is 11.6 Å². The first-order valence-electron chi connectivity index (χ1n) is 8.42. The summed E-state index contributed by atoms with van der Waals surface area (Å²) < 4.78 is 57.9. The quantitative estimate of drug-likeness (QED) is 0.626. The molecule has 0 saturated carbocycles. The van der Waals surface area contributed by atoms with E-state index in [9.17, 15) is 26.4 Å². The molecular formula is C15H22N2O8S3. The Balaban J connectivity index is 2.40. The summed E-state index contributed by atoms with van der Waals surface area (Å²) in [5.74, 6) is -0.709. The molecule has 1 aromatic rings. The molecule has 1 amide bonds. The topological polar surface area (TPSA) is 150 Å². The van der Waals surface area contributed by atoms with E-state index in [0.29, 0.717) is 11.3 Å². The van der Waals surface area contributed by atoms with Crippen molar-refractivity contribution in [2.75, 3.05) is 19.8 Å². The number of fused-ring (bicyclic) bond motifs is 1. The van der Waals surface area contributed by atoms with Crippen LogP contribution in [0.15, 0.2) is 14.5 Å². The van der Waals surface area contributed by atoms with Gasteiger partial charge in [-0.05, 0) is 33.3 Å². The standard InChI is InChI=1S/C15H22N2O8S3/c1-4-17(15(19)25-8-12(18)24-5-2)11-6-9(3)27(20,21)14-10(11)7-13(26-14)28(16,22)23/h7,9,11H,4-6,8H2,1-3H3,(H2,16,22,23)/t9-,11-/m0/s1. The summed E-state index contributed by atoms with van der Waals surface area (Å²) in [7, 11) is -7.86. The van der Waals surface area contributed by atoms with Gasteiger partial charge in [0.2, 0.25) is 10.0 Å². The van der Waals surface area contributed by atoms with Crippen LogP contribution in [0.1, 0.15) is 38.8 Å². The third-order valence-electron chi connectivity index (χ3n) is 4.26. The zero-order valence-corrected chi connectivity index (χ0v) is 18.0. The molecule has 1 aromatic heterocycles. The lowest BCUT2D eigenvalue weighted by atomic mass is 10.0. The summed E-state index contributed by atoms with van der Waals surface area (Å²) in [6.07, 6.45) is -0.778. The zero-order valence-electron chi connectivity index (χ0n) is 15.6. The minimum absolute atomic E-state index is 0.0540. The normalized spacial score (nSPS) is 20.9. The van der Waals surface area contributed by atoms with Crippen molar-refractivity contribution in [1.29, 1.82) is 0 Å². The van der Waals surface area contributed by atoms with Gasteiger partial charge in [-0.3, -0.25) is 0 Å². The van der Waals surface area contributed by atoms with Crippen LogP contribution in [0.2, 0.25) is 0 Å². The highest BCUT2D eigenvalue weighted by molar-refractivity contribution is 7.95. The van der Waals surface area contributed by atoms with Crippen LogP contribution in [-0.4, -0.2) is 58.8 Å². The lowest BCUT2D eigenvalue weighted by Gasteiger charge is -2.35. The first kappa shape index (κ1) is 22.6. The number of hydrogen-bond acceptors (Lipinski definition) is 9. The average Bonchev–Trinajstić information content (AvgIpc) is 3.05. The van der Waals surface area contributed by atoms with E-state index in [1.807, 2.05) is 0 Å². The lowest BCUT2D eigenvalue weighted by molar-refractivity contribution is -0.146. The number of sulfonamides is 1. The van der Waals surface area contributed by atoms with E-state index in [2.05, 4.69) is 0 Å². The minimum Gasteiger partial charge on any atom is -0.463 e. The molecule has 28 heavy (non-hydrogen) atoms. The summed E-state index contributed by atoms with van der Waals surface area (Å²) in [5, 5.41) is 4.30. The molecule has 2 N–H and O–H groups in total. The number of ether oxygens (including phenoxy) is 2. The molecule has 13 heteroatoms. The van der Waals surface area contributed by atoms with Crippen molar-refractivity contribution in [2.24, 2.45) is 5.14 Å². The number of hydrogen-bond donors (Lipinski definition) is 1. The van der Waals surface area contributed by atoms with Gasteiger partial charge in [0, 0.05) is 12.1 Å². The fourth-order valence-corrected chi connectivity index (χ4v) is 7.29. The SMILES string of the molecule is CCOC(=O)COC(=O)N(CC)[C@H]1C[C@H](C)S(=O)(=O)c2sc(S(N)(=O)=O)cc21. The van der Waals surface area contributed by atoms with Crippen molar-refractivity contribution >= 4 is 43.3 Å². The second-order valence-corrected chi connectivity index (χ2v) is 11.5. The fraction of sp³-hybridized carbons (Fsp3) is 0.600. The Hall–Kier alpha value is -1.70. The molecule has 2 heterocycles. The maximum atomic E-state index is 12.6. The number of sulfone groups is 1. The predicted molar refractivity (Wildman–Crippen MR) is 100 cm³/mol. The van der Waals surface area contributed by atoms with E-state index >= 15 is 0 Å². The molecule has 0 spiro atoms. The highest BCUT2D eigenvalue weighted by Crippen LogP contribution is 2.45. The van der Waals surface area contributed by atoms with Crippen LogP contribution in [0.3, 0.4) is 0 Å². The van der Waals surface area contributed by atoms with Gasteiger partial charge in [-0.15, -0.1) is 11.3 Å². The van der Waals surface area contributed by atoms with Gasteiger partial charge >= 0.3 is 12.1 Å². The Bertz CT molecular complexity index is 967. The van der Waals surface area contributed by atoms with Gasteiger partial charge in [-0.2, -0.15) is 0 Å². The van der Waals surface area contributed by atoms with Crippen LogP contribution >= 0.6 is 11.3 Å². The Labute approximate surface area is 167 Å². The molecule has 0 bridgehead atoms. The van der Waals surface area contributed by atoms with Gasteiger partial charge in [0.25, 0.3) is 0 Å².